The van der Waals surface area contributed by atoms with Crippen molar-refractivity contribution in [2.75, 3.05) is 0 Å². The van der Waals surface area contributed by atoms with E-state index in [1.54, 1.807) is 0 Å². The van der Waals surface area contributed by atoms with Crippen LogP contribution in [0.5, 0.6) is 5.75 Å². The van der Waals surface area contributed by atoms with Crippen molar-refractivity contribution in [1.82, 2.24) is 0 Å². The summed E-state index contributed by atoms with van der Waals surface area (Å²) in [4.78, 5) is 0. The van der Waals surface area contributed by atoms with Gasteiger partial charge in [0, 0.05) is 4.47 Å². The zero-order chi connectivity index (χ0) is 7.56. The predicted octanol–water partition coefficient (Wildman–Crippen LogP) is 0.198. The van der Waals surface area contributed by atoms with E-state index in [-0.39, 0.29) is 29.6 Å². The molecule has 0 aliphatic carbocycles. The molecule has 1 aromatic rings. The Hall–Kier alpha value is 0.930. The topological polar surface area (TPSA) is 9.23 Å². The Morgan fingerprint density at radius 3 is 2.55 bits per heavy atom. The molecule has 0 heterocycles. The summed E-state index contributed by atoms with van der Waals surface area (Å²) < 4.78 is 5.95. The fourth-order valence-electron chi connectivity index (χ4n) is 0.727. The Morgan fingerprint density at radius 2 is 2.09 bits per heavy atom. The maximum atomic E-state index is 4.88. The van der Waals surface area contributed by atoms with E-state index in [0.717, 1.165) is 15.8 Å². The van der Waals surface area contributed by atoms with Crippen LogP contribution in [0.15, 0.2) is 22.7 Å². The summed E-state index contributed by atoms with van der Waals surface area (Å²) in [7, 11) is 2.96. The molecule has 0 spiro atoms. The van der Waals surface area contributed by atoms with Gasteiger partial charge in [-0.3, -0.25) is 0 Å². The van der Waals surface area contributed by atoms with E-state index in [4.69, 9.17) is 4.52 Å². The number of benzene rings is 1. The minimum absolute atomic E-state index is 0. The van der Waals surface area contributed by atoms with Crippen LogP contribution in [0.25, 0.3) is 0 Å². The van der Waals surface area contributed by atoms with E-state index < -0.39 is 0 Å². The van der Waals surface area contributed by atoms with Crippen LogP contribution in [-0.4, -0.2) is 0 Å². The van der Waals surface area contributed by atoms with Crippen molar-refractivity contribution in [1.29, 1.82) is 0 Å². The quantitative estimate of drug-likeness (QED) is 0.504. The average Bonchev–Trinajstić information content (AvgIpc) is 1.88. The summed E-state index contributed by atoms with van der Waals surface area (Å²) in [6.45, 7) is 1.99. The van der Waals surface area contributed by atoms with Gasteiger partial charge in [-0.1, -0.05) is 15.9 Å². The SMILES string of the molecule is Cc1cc(Br)ccc1O[PH-].[Na+]. The monoisotopic (exact) mass is 240 g/mol. The Balaban J connectivity index is 0.000001000. The molecule has 0 saturated carbocycles. The van der Waals surface area contributed by atoms with Crippen LogP contribution in [0, 0.1) is 6.92 Å². The molecule has 0 atom stereocenters. The first-order chi connectivity index (χ1) is 4.74. The minimum atomic E-state index is 0. The van der Waals surface area contributed by atoms with Gasteiger partial charge in [0.25, 0.3) is 0 Å². The third-order valence-electron chi connectivity index (χ3n) is 1.25. The first kappa shape index (κ1) is 11.9. The van der Waals surface area contributed by atoms with Crippen LogP contribution >= 0.6 is 25.4 Å². The largest absolute Gasteiger partial charge is 1.00 e. The van der Waals surface area contributed by atoms with Gasteiger partial charge in [0.15, 0.2) is 0 Å². The molecule has 1 nitrogen and oxygen atoms in total. The Morgan fingerprint density at radius 1 is 1.45 bits per heavy atom. The van der Waals surface area contributed by atoms with Crippen LogP contribution < -0.4 is 34.1 Å². The summed E-state index contributed by atoms with van der Waals surface area (Å²) >= 11 is 3.35. The molecule has 0 aliphatic rings. The van der Waals surface area contributed by atoms with Crippen molar-refractivity contribution >= 4 is 25.4 Å². The number of hydrogen-bond acceptors (Lipinski definition) is 1. The molecule has 1 aromatic carbocycles. The summed E-state index contributed by atoms with van der Waals surface area (Å²) in [5.74, 6) is 0.847. The van der Waals surface area contributed by atoms with Crippen LogP contribution in [0.2, 0.25) is 0 Å². The van der Waals surface area contributed by atoms with E-state index >= 15 is 0 Å². The van der Waals surface area contributed by atoms with E-state index in [1.807, 2.05) is 25.1 Å². The molecule has 0 N–H and O–H groups in total. The molecule has 0 aromatic heterocycles. The van der Waals surface area contributed by atoms with Crippen molar-refractivity contribution in [2.45, 2.75) is 6.92 Å². The number of rotatable bonds is 1. The zero-order valence-electron chi connectivity index (χ0n) is 6.52. The Labute approximate surface area is 99.6 Å². The third-order valence-corrected chi connectivity index (χ3v) is 1.96. The van der Waals surface area contributed by atoms with Crippen LogP contribution in [0.3, 0.4) is 0 Å². The van der Waals surface area contributed by atoms with Gasteiger partial charge in [0.05, 0.1) is 5.75 Å². The van der Waals surface area contributed by atoms with Gasteiger partial charge < -0.3 is 14.0 Å². The molecule has 0 aliphatic heterocycles. The molecule has 4 heteroatoms. The summed E-state index contributed by atoms with van der Waals surface area (Å²) in [5, 5.41) is 0. The Kier molecular flexibility index (Phi) is 6.02. The third kappa shape index (κ3) is 3.43. The van der Waals surface area contributed by atoms with Crippen molar-refractivity contribution < 1.29 is 34.1 Å². The van der Waals surface area contributed by atoms with Gasteiger partial charge in [-0.25, -0.2) is 0 Å². The number of halogens is 1. The first-order valence-corrected chi connectivity index (χ1v) is 4.04. The molecular formula is C7H7BrNaOP. The van der Waals surface area contributed by atoms with E-state index in [1.165, 1.54) is 0 Å². The fourth-order valence-corrected chi connectivity index (χ4v) is 1.43. The standard InChI is InChI=1S/C7H7BrOP.Na/c1-5-4-6(8)2-3-7(5)9-10;/h2-4,10H,1H3;/q-1;+1. The summed E-state index contributed by atoms with van der Waals surface area (Å²) in [5.41, 5.74) is 1.10. The number of hydrogen-bond donors (Lipinski definition) is 0. The second-order valence-electron chi connectivity index (χ2n) is 2.01. The fraction of sp³-hybridized carbons (Fsp3) is 0.143. The van der Waals surface area contributed by atoms with Crippen LogP contribution in [0.1, 0.15) is 5.56 Å². The van der Waals surface area contributed by atoms with Gasteiger partial charge in [-0.05, 0) is 30.7 Å². The van der Waals surface area contributed by atoms with Gasteiger partial charge in [0.2, 0.25) is 0 Å². The molecule has 0 unspecified atom stereocenters. The van der Waals surface area contributed by atoms with Crippen LogP contribution in [0.4, 0.5) is 0 Å². The first-order valence-electron chi connectivity index (χ1n) is 2.84. The molecule has 54 valence electrons. The number of aryl methyl sites for hydroxylation is 1. The van der Waals surface area contributed by atoms with Crippen molar-refractivity contribution in [3.8, 4) is 5.75 Å². The summed E-state index contributed by atoms with van der Waals surface area (Å²) in [6, 6.07) is 5.82. The molecule has 11 heavy (non-hydrogen) atoms. The molecule has 0 saturated heterocycles. The van der Waals surface area contributed by atoms with Crippen LogP contribution in [-0.2, 0) is 0 Å². The maximum Gasteiger partial charge on any atom is 1.00 e. The maximum absolute atomic E-state index is 4.88. The van der Waals surface area contributed by atoms with Crippen molar-refractivity contribution in [2.24, 2.45) is 0 Å². The van der Waals surface area contributed by atoms with Gasteiger partial charge in [0.1, 0.15) is 0 Å². The van der Waals surface area contributed by atoms with E-state index in [0.29, 0.717) is 0 Å². The zero-order valence-corrected chi connectivity index (χ0v) is 11.1. The minimum Gasteiger partial charge on any atom is -0.673 e. The molecule has 0 amide bonds. The predicted molar refractivity (Wildman–Crippen MR) is 47.8 cm³/mol. The van der Waals surface area contributed by atoms with E-state index in [2.05, 4.69) is 25.4 Å². The van der Waals surface area contributed by atoms with Gasteiger partial charge in [-0.2, -0.15) is 0 Å². The second kappa shape index (κ2) is 5.55. The molecule has 0 bridgehead atoms. The summed E-state index contributed by atoms with van der Waals surface area (Å²) in [6.07, 6.45) is 0. The van der Waals surface area contributed by atoms with E-state index in [9.17, 15) is 0 Å². The smallest absolute Gasteiger partial charge is 0.673 e. The average molecular weight is 241 g/mol. The molecule has 1 rings (SSSR count). The molecule has 0 radical (unpaired) electrons. The molecule has 0 fully saturated rings. The molecular weight excluding hydrogens is 234 g/mol. The normalized spacial score (nSPS) is 8.64. The van der Waals surface area contributed by atoms with Gasteiger partial charge >= 0.3 is 29.6 Å². The second-order valence-corrected chi connectivity index (χ2v) is 3.13. The van der Waals surface area contributed by atoms with Crippen molar-refractivity contribution in [3.63, 3.8) is 0 Å². The van der Waals surface area contributed by atoms with Crippen molar-refractivity contribution in [3.05, 3.63) is 28.2 Å². The van der Waals surface area contributed by atoms with Gasteiger partial charge in [-0.15, -0.1) is 0 Å². The Bertz CT molecular complexity index is 242.